The van der Waals surface area contributed by atoms with Crippen molar-refractivity contribution in [1.29, 1.82) is 0 Å². The van der Waals surface area contributed by atoms with Gasteiger partial charge in [0, 0.05) is 5.71 Å². The molecule has 0 aliphatic carbocycles. The number of anilines is 1. The van der Waals surface area contributed by atoms with E-state index >= 15 is 0 Å². The summed E-state index contributed by atoms with van der Waals surface area (Å²) < 4.78 is 37.3. The highest BCUT2D eigenvalue weighted by atomic mass is 19.4. The molecule has 1 aromatic rings. The molecule has 0 saturated heterocycles. The van der Waals surface area contributed by atoms with Gasteiger partial charge in [0.2, 0.25) is 0 Å². The second-order valence-corrected chi connectivity index (χ2v) is 4.34. The zero-order valence-electron chi connectivity index (χ0n) is 10.4. The Labute approximate surface area is 108 Å². The van der Waals surface area contributed by atoms with Crippen LogP contribution >= 0.6 is 0 Å². The fraction of sp³-hybridized carbons (Fsp3) is 0.385. The molecular formula is C13H13F3N2O. The fourth-order valence-electron chi connectivity index (χ4n) is 1.90. The zero-order valence-corrected chi connectivity index (χ0v) is 10.4. The maximum atomic E-state index is 12.4. The monoisotopic (exact) mass is 270 g/mol. The van der Waals surface area contributed by atoms with Gasteiger partial charge in [-0.1, -0.05) is 13.3 Å². The van der Waals surface area contributed by atoms with Gasteiger partial charge >= 0.3 is 6.18 Å². The summed E-state index contributed by atoms with van der Waals surface area (Å²) in [6, 6.07) is 4.43. The highest BCUT2D eigenvalue weighted by Crippen LogP contribution is 2.31. The molecule has 19 heavy (non-hydrogen) atoms. The molecule has 0 N–H and O–H groups in total. The van der Waals surface area contributed by atoms with Crippen molar-refractivity contribution in [3.8, 4) is 0 Å². The van der Waals surface area contributed by atoms with Crippen LogP contribution < -0.4 is 5.01 Å². The number of alkyl halides is 3. The first-order chi connectivity index (χ1) is 8.91. The average molecular weight is 270 g/mol. The molecule has 1 aliphatic rings. The predicted molar refractivity (Wildman–Crippen MR) is 65.9 cm³/mol. The number of carbonyl (C=O) groups excluding carboxylic acids is 1. The van der Waals surface area contributed by atoms with E-state index < -0.39 is 11.7 Å². The Hall–Kier alpha value is -1.85. The van der Waals surface area contributed by atoms with Crippen LogP contribution in [0.2, 0.25) is 0 Å². The molecule has 0 radical (unpaired) electrons. The van der Waals surface area contributed by atoms with Gasteiger partial charge in [0.05, 0.1) is 17.7 Å². The van der Waals surface area contributed by atoms with Crippen molar-refractivity contribution in [2.75, 3.05) is 5.01 Å². The van der Waals surface area contributed by atoms with Crippen LogP contribution in [0, 0.1) is 0 Å². The molecular weight excluding hydrogens is 257 g/mol. The lowest BCUT2D eigenvalue weighted by molar-refractivity contribution is -0.137. The van der Waals surface area contributed by atoms with E-state index in [2.05, 4.69) is 5.10 Å². The van der Waals surface area contributed by atoms with Crippen molar-refractivity contribution in [3.63, 3.8) is 0 Å². The number of hydrogen-bond donors (Lipinski definition) is 0. The lowest BCUT2D eigenvalue weighted by Gasteiger charge is -2.13. The molecule has 0 aromatic heterocycles. The van der Waals surface area contributed by atoms with Gasteiger partial charge in [-0.05, 0) is 30.7 Å². The Morgan fingerprint density at radius 3 is 2.42 bits per heavy atom. The third kappa shape index (κ3) is 2.94. The molecule has 6 heteroatoms. The van der Waals surface area contributed by atoms with Crippen LogP contribution in [0.25, 0.3) is 0 Å². The molecule has 1 heterocycles. The maximum absolute atomic E-state index is 12.4. The minimum absolute atomic E-state index is 0.205. The number of amides is 1. The molecule has 3 nitrogen and oxygen atoms in total. The third-order valence-electron chi connectivity index (χ3n) is 2.81. The molecule has 0 spiro atoms. The van der Waals surface area contributed by atoms with E-state index in [4.69, 9.17) is 0 Å². The average Bonchev–Trinajstić information content (AvgIpc) is 2.70. The van der Waals surface area contributed by atoms with Gasteiger partial charge in [0.15, 0.2) is 0 Å². The van der Waals surface area contributed by atoms with Crippen molar-refractivity contribution in [3.05, 3.63) is 29.8 Å². The Bertz CT molecular complexity index is 506. The number of carbonyl (C=O) groups is 1. The first-order valence-corrected chi connectivity index (χ1v) is 5.98. The molecule has 102 valence electrons. The summed E-state index contributed by atoms with van der Waals surface area (Å²) in [5, 5.41) is 5.31. The SMILES string of the molecule is CCCC1=NN(c2ccc(C(F)(F)F)cc2)C(=O)C1. The van der Waals surface area contributed by atoms with Crippen LogP contribution in [0.1, 0.15) is 31.7 Å². The first kappa shape index (κ1) is 13.6. The van der Waals surface area contributed by atoms with Gasteiger partial charge in [-0.2, -0.15) is 18.3 Å². The largest absolute Gasteiger partial charge is 0.416 e. The van der Waals surface area contributed by atoms with Gasteiger partial charge in [-0.15, -0.1) is 0 Å². The lowest BCUT2D eigenvalue weighted by Crippen LogP contribution is -2.19. The Balaban J connectivity index is 2.21. The summed E-state index contributed by atoms with van der Waals surface area (Å²) in [5.74, 6) is -0.205. The number of hydrogen-bond acceptors (Lipinski definition) is 2. The molecule has 2 rings (SSSR count). The highest BCUT2D eigenvalue weighted by Gasteiger charge is 2.31. The van der Waals surface area contributed by atoms with Crippen LogP contribution in [0.15, 0.2) is 29.4 Å². The Kier molecular flexibility index (Phi) is 3.59. The Morgan fingerprint density at radius 2 is 1.89 bits per heavy atom. The maximum Gasteiger partial charge on any atom is 0.416 e. The molecule has 0 atom stereocenters. The molecule has 0 fully saturated rings. The van der Waals surface area contributed by atoms with Crippen molar-refractivity contribution in [2.45, 2.75) is 32.4 Å². The summed E-state index contributed by atoms with van der Waals surface area (Å²) >= 11 is 0. The minimum atomic E-state index is -4.37. The zero-order chi connectivity index (χ0) is 14.0. The van der Waals surface area contributed by atoms with E-state index in [9.17, 15) is 18.0 Å². The summed E-state index contributed by atoms with van der Waals surface area (Å²) in [4.78, 5) is 11.7. The molecule has 1 amide bonds. The van der Waals surface area contributed by atoms with Crippen molar-refractivity contribution in [2.24, 2.45) is 5.10 Å². The molecule has 0 unspecified atom stereocenters. The predicted octanol–water partition coefficient (Wildman–Crippen LogP) is 3.60. The molecule has 1 aliphatic heterocycles. The Morgan fingerprint density at radius 1 is 1.26 bits per heavy atom. The quantitative estimate of drug-likeness (QED) is 0.826. The summed E-state index contributed by atoms with van der Waals surface area (Å²) in [6.07, 6.45) is -2.52. The van der Waals surface area contributed by atoms with Gasteiger partial charge in [-0.25, -0.2) is 5.01 Å². The number of rotatable bonds is 3. The van der Waals surface area contributed by atoms with E-state index in [0.29, 0.717) is 5.69 Å². The van der Waals surface area contributed by atoms with Crippen LogP contribution in [0.5, 0.6) is 0 Å². The van der Waals surface area contributed by atoms with Gasteiger partial charge < -0.3 is 0 Å². The van der Waals surface area contributed by atoms with Crippen LogP contribution in [-0.4, -0.2) is 11.6 Å². The van der Waals surface area contributed by atoms with Crippen LogP contribution in [0.4, 0.5) is 18.9 Å². The van der Waals surface area contributed by atoms with E-state index in [0.717, 1.165) is 30.7 Å². The van der Waals surface area contributed by atoms with E-state index in [-0.39, 0.29) is 12.3 Å². The normalized spacial score (nSPS) is 15.9. The number of benzene rings is 1. The van der Waals surface area contributed by atoms with Gasteiger partial charge in [0.25, 0.3) is 5.91 Å². The second-order valence-electron chi connectivity index (χ2n) is 4.34. The van der Waals surface area contributed by atoms with Gasteiger partial charge in [-0.3, -0.25) is 4.79 Å². The van der Waals surface area contributed by atoms with Crippen LogP contribution in [-0.2, 0) is 11.0 Å². The highest BCUT2D eigenvalue weighted by molar-refractivity contribution is 6.12. The number of hydrazone groups is 1. The van der Waals surface area contributed by atoms with E-state index in [1.165, 1.54) is 17.1 Å². The third-order valence-corrected chi connectivity index (χ3v) is 2.81. The molecule has 0 bridgehead atoms. The number of halogens is 3. The first-order valence-electron chi connectivity index (χ1n) is 5.98. The summed E-state index contributed by atoms with van der Waals surface area (Å²) in [7, 11) is 0. The molecule has 1 aromatic carbocycles. The number of nitrogens with zero attached hydrogens (tertiary/aromatic N) is 2. The second kappa shape index (κ2) is 5.03. The van der Waals surface area contributed by atoms with Crippen molar-refractivity contribution in [1.82, 2.24) is 0 Å². The smallest absolute Gasteiger partial charge is 0.272 e. The van der Waals surface area contributed by atoms with Crippen molar-refractivity contribution < 1.29 is 18.0 Å². The summed E-state index contributed by atoms with van der Waals surface area (Å²) in [5.41, 5.74) is 0.400. The summed E-state index contributed by atoms with van der Waals surface area (Å²) in [6.45, 7) is 1.98. The standard InChI is InChI=1S/C13H13F3N2O/c1-2-3-10-8-12(19)18(17-10)11-6-4-9(5-7-11)13(14,15)16/h4-7H,2-3,8H2,1H3. The van der Waals surface area contributed by atoms with Crippen LogP contribution in [0.3, 0.4) is 0 Å². The van der Waals surface area contributed by atoms with Crippen molar-refractivity contribution >= 4 is 17.3 Å². The topological polar surface area (TPSA) is 32.7 Å². The lowest BCUT2D eigenvalue weighted by atomic mass is 10.1. The van der Waals surface area contributed by atoms with E-state index in [1.54, 1.807) is 0 Å². The fourth-order valence-corrected chi connectivity index (χ4v) is 1.90. The van der Waals surface area contributed by atoms with E-state index in [1.807, 2.05) is 6.92 Å². The van der Waals surface area contributed by atoms with Gasteiger partial charge in [0.1, 0.15) is 0 Å². The molecule has 0 saturated carbocycles. The minimum Gasteiger partial charge on any atom is -0.272 e.